The molecule has 29 heavy (non-hydrogen) atoms. The fraction of sp³-hybridized carbons (Fsp3) is 0.526. The monoisotopic (exact) mass is 425 g/mol. The number of piperidine rings is 1. The molecule has 2 aromatic rings. The molecule has 0 bridgehead atoms. The van der Waals surface area contributed by atoms with Gasteiger partial charge < -0.3 is 15.0 Å². The lowest BCUT2D eigenvalue weighted by molar-refractivity contribution is 0.0235. The maximum atomic E-state index is 12.6. The summed E-state index contributed by atoms with van der Waals surface area (Å²) in [6, 6.07) is 6.68. The van der Waals surface area contributed by atoms with Crippen molar-refractivity contribution >= 4 is 27.9 Å². The average Bonchev–Trinajstić information content (AvgIpc) is 2.59. The van der Waals surface area contributed by atoms with E-state index in [0.717, 1.165) is 0 Å². The molecule has 9 nitrogen and oxygen atoms in total. The van der Waals surface area contributed by atoms with Gasteiger partial charge in [-0.25, -0.2) is 17.9 Å². The van der Waals surface area contributed by atoms with Crippen LogP contribution in [-0.4, -0.2) is 39.2 Å². The van der Waals surface area contributed by atoms with Gasteiger partial charge in [0, 0.05) is 19.1 Å². The van der Waals surface area contributed by atoms with Gasteiger partial charge >= 0.3 is 17.9 Å². The van der Waals surface area contributed by atoms with Gasteiger partial charge in [-0.05, 0) is 52.2 Å². The lowest BCUT2D eigenvalue weighted by atomic mass is 10.1. The van der Waals surface area contributed by atoms with Crippen molar-refractivity contribution < 1.29 is 27.1 Å². The average molecular weight is 426 g/mol. The van der Waals surface area contributed by atoms with E-state index >= 15 is 0 Å². The number of benzene rings is 1. The molecule has 10 heteroatoms. The highest BCUT2D eigenvalue weighted by Crippen LogP contribution is 2.34. The minimum Gasteiger partial charge on any atom is -0.444 e. The molecule has 0 atom stereocenters. The predicted molar refractivity (Wildman–Crippen MR) is 108 cm³/mol. The maximum Gasteiger partial charge on any atom is 0.407 e. The van der Waals surface area contributed by atoms with Gasteiger partial charge in [-0.1, -0.05) is 18.2 Å². The first-order valence-corrected chi connectivity index (χ1v) is 11.0. The molecule has 1 amide bonds. The zero-order chi connectivity index (χ0) is 21.2. The molecule has 1 aromatic carbocycles. The van der Waals surface area contributed by atoms with Gasteiger partial charge in [-0.15, -0.1) is 0 Å². The molecule has 2 heterocycles. The van der Waals surface area contributed by atoms with Crippen LogP contribution in [0.2, 0.25) is 0 Å². The molecule has 1 aromatic heterocycles. The highest BCUT2D eigenvalue weighted by molar-refractivity contribution is 7.92. The number of aryl methyl sites for hydroxylation is 1. The lowest BCUT2D eigenvalue weighted by Crippen LogP contribution is -2.46. The molecule has 0 saturated carbocycles. The van der Waals surface area contributed by atoms with Gasteiger partial charge in [0.2, 0.25) is 0 Å². The first-order chi connectivity index (χ1) is 13.5. The standard InChI is InChI=1S/C19H27N3O6S/c1-13-7-5-6-8-15(13)29(24,25)21-16-17(28-27-16)22-11-9-14(10-12-22)20-18(23)26-19(2,3)4/h5-8,14,21H,9-12H2,1-4H3,(H,20,23). The number of alkyl carbamates (subject to hydrolysis) is 1. The number of anilines is 2. The summed E-state index contributed by atoms with van der Waals surface area (Å²) in [5.74, 6) is 0.407. The predicted octanol–water partition coefficient (Wildman–Crippen LogP) is 3.48. The summed E-state index contributed by atoms with van der Waals surface area (Å²) in [5.41, 5.74) is 0.0898. The topological polar surface area (TPSA) is 114 Å². The van der Waals surface area contributed by atoms with Crippen LogP contribution in [0.25, 0.3) is 0 Å². The molecule has 0 unspecified atom stereocenters. The highest BCUT2D eigenvalue weighted by atomic mass is 32.2. The number of rotatable bonds is 5. The number of nitrogens with one attached hydrogen (secondary N) is 2. The number of nitrogens with zero attached hydrogens (tertiary/aromatic N) is 1. The Morgan fingerprint density at radius 3 is 2.38 bits per heavy atom. The van der Waals surface area contributed by atoms with E-state index in [9.17, 15) is 13.2 Å². The SMILES string of the molecule is Cc1ccccc1S(=O)(=O)Nc1ooc1N1CCC(NC(=O)OC(C)(C)C)CC1. The van der Waals surface area contributed by atoms with Gasteiger partial charge in [0.25, 0.3) is 10.0 Å². The van der Waals surface area contributed by atoms with Crippen molar-refractivity contribution in [3.8, 4) is 0 Å². The third kappa shape index (κ3) is 5.26. The van der Waals surface area contributed by atoms with Crippen molar-refractivity contribution in [1.82, 2.24) is 5.32 Å². The Kier molecular flexibility index (Phi) is 5.83. The van der Waals surface area contributed by atoms with Crippen molar-refractivity contribution in [1.29, 1.82) is 0 Å². The molecule has 0 spiro atoms. The van der Waals surface area contributed by atoms with Crippen LogP contribution in [0.4, 0.5) is 16.6 Å². The zero-order valence-electron chi connectivity index (χ0n) is 17.0. The third-order valence-corrected chi connectivity index (χ3v) is 6.00. The molecule has 1 saturated heterocycles. The minimum absolute atomic E-state index is 0.0187. The Balaban J connectivity index is 1.57. The Morgan fingerprint density at radius 1 is 1.17 bits per heavy atom. The van der Waals surface area contributed by atoms with E-state index in [2.05, 4.69) is 10.0 Å². The Morgan fingerprint density at radius 2 is 1.83 bits per heavy atom. The summed E-state index contributed by atoms with van der Waals surface area (Å²) in [6.45, 7) is 8.33. The molecule has 0 aliphatic carbocycles. The van der Waals surface area contributed by atoms with Crippen molar-refractivity contribution in [2.24, 2.45) is 0 Å². The first-order valence-electron chi connectivity index (χ1n) is 9.47. The van der Waals surface area contributed by atoms with Gasteiger partial charge in [0.1, 0.15) is 5.60 Å². The highest BCUT2D eigenvalue weighted by Gasteiger charge is 2.31. The smallest absolute Gasteiger partial charge is 0.407 e. The van der Waals surface area contributed by atoms with Crippen molar-refractivity contribution in [2.45, 2.75) is 57.1 Å². The van der Waals surface area contributed by atoms with Crippen LogP contribution in [0.1, 0.15) is 39.2 Å². The van der Waals surface area contributed by atoms with Crippen LogP contribution in [0.5, 0.6) is 0 Å². The van der Waals surface area contributed by atoms with E-state index in [1.54, 1.807) is 25.1 Å². The van der Waals surface area contributed by atoms with E-state index in [0.29, 0.717) is 37.4 Å². The minimum atomic E-state index is -3.78. The van der Waals surface area contributed by atoms with E-state index in [-0.39, 0.29) is 16.8 Å². The third-order valence-electron chi connectivity index (χ3n) is 4.51. The van der Waals surface area contributed by atoms with Crippen molar-refractivity contribution in [3.63, 3.8) is 0 Å². The summed E-state index contributed by atoms with van der Waals surface area (Å²) >= 11 is 0. The summed E-state index contributed by atoms with van der Waals surface area (Å²) in [5, 5.41) is 2.86. The molecule has 2 N–H and O–H groups in total. The number of hydrogen-bond acceptors (Lipinski definition) is 7. The van der Waals surface area contributed by atoms with Crippen LogP contribution in [0.15, 0.2) is 38.3 Å². The molecular formula is C19H27N3O6S. The number of ether oxygens (including phenoxy) is 1. The summed E-state index contributed by atoms with van der Waals surface area (Å²) in [7, 11) is -3.78. The van der Waals surface area contributed by atoms with Gasteiger partial charge in [-0.2, -0.15) is 0 Å². The Hall–Kier alpha value is -2.62. The van der Waals surface area contributed by atoms with E-state index < -0.39 is 21.7 Å². The molecule has 3 rings (SSSR count). The number of hydrogen-bond donors (Lipinski definition) is 2. The molecular weight excluding hydrogens is 398 g/mol. The van der Waals surface area contributed by atoms with Gasteiger partial charge in [-0.3, -0.25) is 9.15 Å². The van der Waals surface area contributed by atoms with E-state index in [1.165, 1.54) is 6.07 Å². The van der Waals surface area contributed by atoms with Crippen LogP contribution in [-0.2, 0) is 14.8 Å². The second-order valence-corrected chi connectivity index (χ2v) is 9.73. The fourth-order valence-corrected chi connectivity index (χ4v) is 4.34. The van der Waals surface area contributed by atoms with Crippen molar-refractivity contribution in [3.05, 3.63) is 29.8 Å². The zero-order valence-corrected chi connectivity index (χ0v) is 17.8. The van der Waals surface area contributed by atoms with Crippen molar-refractivity contribution in [2.75, 3.05) is 22.7 Å². The normalized spacial score (nSPS) is 15.9. The molecule has 1 aliphatic rings. The van der Waals surface area contributed by atoms with Crippen LogP contribution in [0, 0.1) is 6.92 Å². The second-order valence-electron chi connectivity index (χ2n) is 8.08. The van der Waals surface area contributed by atoms with Crippen LogP contribution < -0.4 is 14.9 Å². The van der Waals surface area contributed by atoms with E-state index in [1.807, 2.05) is 25.7 Å². The maximum absolute atomic E-state index is 12.6. The van der Waals surface area contributed by atoms with Crippen LogP contribution in [0.3, 0.4) is 0 Å². The number of amides is 1. The molecule has 160 valence electrons. The fourth-order valence-electron chi connectivity index (χ4n) is 3.11. The van der Waals surface area contributed by atoms with Crippen LogP contribution >= 0.6 is 0 Å². The molecule has 0 radical (unpaired) electrons. The van der Waals surface area contributed by atoms with E-state index in [4.69, 9.17) is 13.9 Å². The number of carbonyl (C=O) groups is 1. The molecule has 1 aliphatic heterocycles. The Bertz CT molecular complexity index is 949. The summed E-state index contributed by atoms with van der Waals surface area (Å²) in [4.78, 5) is 14.0. The second kappa shape index (κ2) is 8.02. The largest absolute Gasteiger partial charge is 0.444 e. The van der Waals surface area contributed by atoms with Gasteiger partial charge in [0.15, 0.2) is 0 Å². The number of sulfonamides is 1. The summed E-state index contributed by atoms with van der Waals surface area (Å²) in [6.07, 6.45) is 0.901. The summed E-state index contributed by atoms with van der Waals surface area (Å²) < 4.78 is 42.9. The lowest BCUT2D eigenvalue weighted by Gasteiger charge is -2.33. The first kappa shape index (κ1) is 21.1. The Labute approximate surface area is 170 Å². The van der Waals surface area contributed by atoms with Gasteiger partial charge in [0.05, 0.1) is 4.90 Å². The number of carbonyl (C=O) groups excluding carboxylic acids is 1. The quantitative estimate of drug-likeness (QED) is 0.705. The molecule has 1 fully saturated rings.